The number of nitro benzene ring substituents is 1. The summed E-state index contributed by atoms with van der Waals surface area (Å²) in [5.74, 6) is -0.350. The van der Waals surface area contributed by atoms with Crippen molar-refractivity contribution in [1.82, 2.24) is 4.90 Å². The second-order valence-electron chi connectivity index (χ2n) is 5.92. The molecule has 2 aromatic carbocycles. The molecule has 26 heavy (non-hydrogen) atoms. The van der Waals surface area contributed by atoms with Crippen molar-refractivity contribution in [2.75, 3.05) is 18.1 Å². The fraction of sp³-hybridized carbons (Fsp3) is 0.222. The quantitative estimate of drug-likeness (QED) is 0.593. The number of hydrogen-bond acceptors (Lipinski definition) is 4. The predicted octanol–water partition coefficient (Wildman–Crippen LogP) is 3.47. The molecule has 1 saturated heterocycles. The maximum atomic E-state index is 13.0. The van der Waals surface area contributed by atoms with Gasteiger partial charge in [0.25, 0.3) is 11.6 Å². The van der Waals surface area contributed by atoms with Gasteiger partial charge in [0.05, 0.1) is 4.92 Å². The summed E-state index contributed by atoms with van der Waals surface area (Å²) in [5.41, 5.74) is 0.781. The zero-order chi connectivity index (χ0) is 18.7. The van der Waals surface area contributed by atoms with Gasteiger partial charge in [-0.3, -0.25) is 24.6 Å². The van der Waals surface area contributed by atoms with Crippen LogP contribution in [0.1, 0.15) is 23.2 Å². The van der Waals surface area contributed by atoms with Crippen molar-refractivity contribution in [3.8, 4) is 0 Å². The van der Waals surface area contributed by atoms with E-state index in [4.69, 9.17) is 11.6 Å². The maximum absolute atomic E-state index is 13.0. The van der Waals surface area contributed by atoms with E-state index in [-0.39, 0.29) is 24.2 Å². The number of benzene rings is 2. The molecule has 0 radical (unpaired) electrons. The van der Waals surface area contributed by atoms with Crippen LogP contribution in [-0.2, 0) is 4.79 Å². The Balaban J connectivity index is 1.94. The van der Waals surface area contributed by atoms with Crippen molar-refractivity contribution in [1.29, 1.82) is 0 Å². The first-order chi connectivity index (χ1) is 12.5. The molecule has 7 nitrogen and oxygen atoms in total. The highest BCUT2D eigenvalue weighted by Gasteiger charge is 2.26. The standard InChI is InChI=1S/C18H16ClN3O4/c19-14-4-1-3-13(11-14)18(24)21(12-20-10-2-5-17(20)23)15-6-8-16(9-7-15)22(25)26/h1,3-4,6-9,11H,2,5,10,12H2. The van der Waals surface area contributed by atoms with Gasteiger partial charge in [-0.1, -0.05) is 17.7 Å². The third-order valence-electron chi connectivity index (χ3n) is 4.17. The molecule has 0 N–H and O–H groups in total. The van der Waals surface area contributed by atoms with Gasteiger partial charge in [0, 0.05) is 41.4 Å². The van der Waals surface area contributed by atoms with Crippen LogP contribution in [-0.4, -0.2) is 34.9 Å². The lowest BCUT2D eigenvalue weighted by Crippen LogP contribution is -2.42. The van der Waals surface area contributed by atoms with E-state index in [2.05, 4.69) is 0 Å². The monoisotopic (exact) mass is 373 g/mol. The number of carbonyl (C=O) groups excluding carboxylic acids is 2. The number of halogens is 1. The first-order valence-electron chi connectivity index (χ1n) is 8.05. The normalized spacial score (nSPS) is 13.7. The number of anilines is 1. The largest absolute Gasteiger partial charge is 0.324 e. The van der Waals surface area contributed by atoms with Gasteiger partial charge in [-0.25, -0.2) is 0 Å². The molecule has 1 aliphatic heterocycles. The highest BCUT2D eigenvalue weighted by atomic mass is 35.5. The first kappa shape index (κ1) is 17.9. The van der Waals surface area contributed by atoms with Crippen LogP contribution >= 0.6 is 11.6 Å². The van der Waals surface area contributed by atoms with Gasteiger partial charge in [0.1, 0.15) is 6.67 Å². The molecule has 0 bridgehead atoms. The third-order valence-corrected chi connectivity index (χ3v) is 4.41. The third kappa shape index (κ3) is 3.83. The van der Waals surface area contributed by atoms with Crippen molar-refractivity contribution < 1.29 is 14.5 Å². The zero-order valence-corrected chi connectivity index (χ0v) is 14.6. The lowest BCUT2D eigenvalue weighted by atomic mass is 10.2. The van der Waals surface area contributed by atoms with Gasteiger partial charge < -0.3 is 4.90 Å². The number of hydrogen-bond donors (Lipinski definition) is 0. The number of carbonyl (C=O) groups is 2. The Labute approximate surface area is 154 Å². The number of amides is 2. The van der Waals surface area contributed by atoms with E-state index in [1.165, 1.54) is 29.2 Å². The Bertz CT molecular complexity index is 854. The lowest BCUT2D eigenvalue weighted by molar-refractivity contribution is -0.384. The molecule has 2 amide bonds. The Hall–Kier alpha value is -2.93. The number of rotatable bonds is 5. The average Bonchev–Trinajstić information content (AvgIpc) is 3.04. The lowest BCUT2D eigenvalue weighted by Gasteiger charge is -2.28. The minimum atomic E-state index is -0.503. The van der Waals surface area contributed by atoms with Crippen LogP contribution in [0.4, 0.5) is 11.4 Å². The Morgan fingerprint density at radius 3 is 2.54 bits per heavy atom. The fourth-order valence-corrected chi connectivity index (χ4v) is 3.01. The van der Waals surface area contributed by atoms with Crippen LogP contribution in [0.25, 0.3) is 0 Å². The minimum absolute atomic E-state index is 0.0178. The molecular weight excluding hydrogens is 358 g/mol. The van der Waals surface area contributed by atoms with Crippen LogP contribution in [0, 0.1) is 10.1 Å². The highest BCUT2D eigenvalue weighted by Crippen LogP contribution is 2.24. The summed E-state index contributed by atoms with van der Waals surface area (Å²) >= 11 is 5.98. The second-order valence-corrected chi connectivity index (χ2v) is 6.36. The van der Waals surface area contributed by atoms with E-state index >= 15 is 0 Å². The van der Waals surface area contributed by atoms with Crippen LogP contribution in [0.2, 0.25) is 5.02 Å². The predicted molar refractivity (Wildman–Crippen MR) is 97.2 cm³/mol. The molecule has 1 aliphatic rings. The fourth-order valence-electron chi connectivity index (χ4n) is 2.82. The molecule has 0 aliphatic carbocycles. The highest BCUT2D eigenvalue weighted by molar-refractivity contribution is 6.31. The van der Waals surface area contributed by atoms with Gasteiger partial charge in [0.15, 0.2) is 0 Å². The van der Waals surface area contributed by atoms with E-state index in [0.717, 1.165) is 6.42 Å². The molecule has 3 rings (SSSR count). The first-order valence-corrected chi connectivity index (χ1v) is 8.43. The molecule has 2 aromatic rings. The van der Waals surface area contributed by atoms with E-state index in [1.54, 1.807) is 29.2 Å². The van der Waals surface area contributed by atoms with Crippen LogP contribution in [0.15, 0.2) is 48.5 Å². The van der Waals surface area contributed by atoms with Gasteiger partial charge in [-0.15, -0.1) is 0 Å². The van der Waals surface area contributed by atoms with E-state index in [1.807, 2.05) is 0 Å². The molecule has 0 aromatic heterocycles. The second kappa shape index (κ2) is 7.53. The zero-order valence-electron chi connectivity index (χ0n) is 13.8. The van der Waals surface area contributed by atoms with Gasteiger partial charge in [0.2, 0.25) is 5.91 Å². The van der Waals surface area contributed by atoms with Gasteiger partial charge in [-0.05, 0) is 36.8 Å². The smallest absolute Gasteiger partial charge is 0.269 e. The van der Waals surface area contributed by atoms with Crippen LogP contribution in [0.5, 0.6) is 0 Å². The Morgan fingerprint density at radius 1 is 1.23 bits per heavy atom. The average molecular weight is 374 g/mol. The summed E-state index contributed by atoms with van der Waals surface area (Å²) in [7, 11) is 0. The number of nitrogens with zero attached hydrogens (tertiary/aromatic N) is 3. The summed E-state index contributed by atoms with van der Waals surface area (Å²) in [6, 6.07) is 12.2. The summed E-state index contributed by atoms with van der Waals surface area (Å²) in [4.78, 5) is 38.4. The Kier molecular flexibility index (Phi) is 5.18. The minimum Gasteiger partial charge on any atom is -0.324 e. The topological polar surface area (TPSA) is 83.8 Å². The summed E-state index contributed by atoms with van der Waals surface area (Å²) in [6.45, 7) is 0.660. The summed E-state index contributed by atoms with van der Waals surface area (Å²) < 4.78 is 0. The molecule has 1 fully saturated rings. The molecule has 0 unspecified atom stereocenters. The summed E-state index contributed by atoms with van der Waals surface area (Å²) in [6.07, 6.45) is 1.21. The van der Waals surface area contributed by atoms with Crippen molar-refractivity contribution >= 4 is 34.8 Å². The SMILES string of the molecule is O=C1CCCN1CN(C(=O)c1cccc(Cl)c1)c1ccc([N+](=O)[O-])cc1. The van der Waals surface area contributed by atoms with E-state index in [9.17, 15) is 19.7 Å². The van der Waals surface area contributed by atoms with Crippen molar-refractivity contribution in [3.05, 3.63) is 69.2 Å². The van der Waals surface area contributed by atoms with Gasteiger partial charge >= 0.3 is 0 Å². The van der Waals surface area contributed by atoms with Crippen molar-refractivity contribution in [2.45, 2.75) is 12.8 Å². The molecule has 0 atom stereocenters. The molecule has 0 saturated carbocycles. The van der Waals surface area contributed by atoms with Crippen molar-refractivity contribution in [2.24, 2.45) is 0 Å². The molecule has 0 spiro atoms. The maximum Gasteiger partial charge on any atom is 0.269 e. The number of likely N-dealkylation sites (tertiary alicyclic amines) is 1. The number of non-ortho nitro benzene ring substituents is 1. The van der Waals surface area contributed by atoms with E-state index < -0.39 is 4.92 Å². The number of nitro groups is 1. The van der Waals surface area contributed by atoms with Gasteiger partial charge in [-0.2, -0.15) is 0 Å². The molecule has 8 heteroatoms. The van der Waals surface area contributed by atoms with Crippen LogP contribution in [0.3, 0.4) is 0 Å². The molecule has 1 heterocycles. The Morgan fingerprint density at radius 2 is 1.96 bits per heavy atom. The van der Waals surface area contributed by atoms with E-state index in [0.29, 0.717) is 29.2 Å². The van der Waals surface area contributed by atoms with Crippen LogP contribution < -0.4 is 4.90 Å². The van der Waals surface area contributed by atoms with Crippen molar-refractivity contribution in [3.63, 3.8) is 0 Å². The summed E-state index contributed by atoms with van der Waals surface area (Å²) in [5, 5.41) is 11.3. The molecule has 134 valence electrons. The molecular formula is C18H16ClN3O4.